The van der Waals surface area contributed by atoms with Gasteiger partial charge in [-0.15, -0.1) is 11.6 Å². The average Bonchev–Trinajstić information content (AvgIpc) is 2.45. The molecule has 5 heteroatoms. The van der Waals surface area contributed by atoms with Crippen LogP contribution in [0.1, 0.15) is 25.3 Å². The molecule has 23 heavy (non-hydrogen) atoms. The molecule has 1 amide bonds. The van der Waals surface area contributed by atoms with Crippen LogP contribution in [0.5, 0.6) is 0 Å². The average molecular weight is 336 g/mol. The number of amides is 1. The van der Waals surface area contributed by atoms with Crippen LogP contribution < -0.4 is 5.32 Å². The van der Waals surface area contributed by atoms with Gasteiger partial charge in [0.2, 0.25) is 0 Å². The highest BCUT2D eigenvalue weighted by molar-refractivity contribution is 6.20. The Morgan fingerprint density at radius 1 is 1.17 bits per heavy atom. The number of fused-ring (bicyclic) bond motifs is 1. The standard InChI is InChI=1S/C18H22ClNO3/c1-12(21)8-16(19)11-17(20-18(22)23)10-13-6-7-14-4-2-3-5-15(14)9-13/h2-7,9,12,16-17,20-21H,8,10-11H2,1H3,(H,22,23)/t12-,16?,17-/m0/s1. The fourth-order valence-corrected chi connectivity index (χ4v) is 3.27. The first-order chi connectivity index (χ1) is 10.9. The van der Waals surface area contributed by atoms with Gasteiger partial charge in [0.05, 0.1) is 6.10 Å². The molecule has 1 unspecified atom stereocenters. The van der Waals surface area contributed by atoms with Crippen molar-refractivity contribution in [1.29, 1.82) is 0 Å². The van der Waals surface area contributed by atoms with E-state index in [0.29, 0.717) is 19.3 Å². The zero-order valence-electron chi connectivity index (χ0n) is 13.1. The molecule has 2 aromatic carbocycles. The minimum atomic E-state index is -1.06. The lowest BCUT2D eigenvalue weighted by Crippen LogP contribution is -2.37. The highest BCUT2D eigenvalue weighted by Gasteiger charge is 2.18. The minimum absolute atomic E-state index is 0.271. The lowest BCUT2D eigenvalue weighted by atomic mass is 9.98. The van der Waals surface area contributed by atoms with E-state index in [4.69, 9.17) is 16.7 Å². The zero-order valence-corrected chi connectivity index (χ0v) is 13.8. The predicted molar refractivity (Wildman–Crippen MR) is 93.2 cm³/mol. The number of hydrogen-bond acceptors (Lipinski definition) is 2. The van der Waals surface area contributed by atoms with Crippen molar-refractivity contribution in [1.82, 2.24) is 5.32 Å². The van der Waals surface area contributed by atoms with Crippen molar-refractivity contribution in [3.63, 3.8) is 0 Å². The van der Waals surface area contributed by atoms with Crippen molar-refractivity contribution in [3.05, 3.63) is 48.0 Å². The topological polar surface area (TPSA) is 69.6 Å². The highest BCUT2D eigenvalue weighted by Crippen LogP contribution is 2.19. The van der Waals surface area contributed by atoms with E-state index >= 15 is 0 Å². The number of aliphatic hydroxyl groups excluding tert-OH is 1. The number of aliphatic hydroxyl groups is 1. The first-order valence-electron chi connectivity index (χ1n) is 7.73. The summed E-state index contributed by atoms with van der Waals surface area (Å²) in [5.41, 5.74) is 1.06. The van der Waals surface area contributed by atoms with Crippen molar-refractivity contribution in [2.45, 2.75) is 43.7 Å². The van der Waals surface area contributed by atoms with Crippen LogP contribution in [0.3, 0.4) is 0 Å². The maximum absolute atomic E-state index is 11.0. The van der Waals surface area contributed by atoms with E-state index in [0.717, 1.165) is 16.3 Å². The fourth-order valence-electron chi connectivity index (χ4n) is 2.79. The molecule has 0 spiro atoms. The summed E-state index contributed by atoms with van der Waals surface area (Å²) >= 11 is 6.22. The summed E-state index contributed by atoms with van der Waals surface area (Å²) in [4.78, 5) is 11.0. The van der Waals surface area contributed by atoms with E-state index in [-0.39, 0.29) is 11.4 Å². The van der Waals surface area contributed by atoms with Crippen LogP contribution >= 0.6 is 11.6 Å². The molecule has 3 atom stereocenters. The number of rotatable bonds is 7. The van der Waals surface area contributed by atoms with Crippen LogP contribution in [0.4, 0.5) is 4.79 Å². The third-order valence-electron chi connectivity index (χ3n) is 3.76. The van der Waals surface area contributed by atoms with E-state index in [9.17, 15) is 9.90 Å². The SMILES string of the molecule is C[C@H](O)CC(Cl)C[C@H](Cc1ccc2ccccc2c1)NC(=O)O. The number of halogens is 1. The van der Waals surface area contributed by atoms with Gasteiger partial charge in [0.25, 0.3) is 0 Å². The molecule has 0 aliphatic carbocycles. The van der Waals surface area contributed by atoms with Gasteiger partial charge in [-0.3, -0.25) is 0 Å². The third kappa shape index (κ3) is 5.73. The number of alkyl halides is 1. The van der Waals surface area contributed by atoms with E-state index in [2.05, 4.69) is 11.4 Å². The number of nitrogens with one attached hydrogen (secondary N) is 1. The molecule has 0 aliphatic heterocycles. The monoisotopic (exact) mass is 335 g/mol. The van der Waals surface area contributed by atoms with Gasteiger partial charge in [-0.05, 0) is 42.5 Å². The first-order valence-corrected chi connectivity index (χ1v) is 8.17. The van der Waals surface area contributed by atoms with Crippen molar-refractivity contribution < 1.29 is 15.0 Å². The van der Waals surface area contributed by atoms with Crippen molar-refractivity contribution in [3.8, 4) is 0 Å². The maximum Gasteiger partial charge on any atom is 0.404 e. The Morgan fingerprint density at radius 3 is 2.52 bits per heavy atom. The van der Waals surface area contributed by atoms with Crippen molar-refractivity contribution in [2.24, 2.45) is 0 Å². The van der Waals surface area contributed by atoms with Crippen LogP contribution in [-0.4, -0.2) is 33.8 Å². The molecule has 0 saturated carbocycles. The summed E-state index contributed by atoms with van der Waals surface area (Å²) < 4.78 is 0. The summed E-state index contributed by atoms with van der Waals surface area (Å²) in [7, 11) is 0. The van der Waals surface area contributed by atoms with Gasteiger partial charge in [0, 0.05) is 11.4 Å². The molecule has 124 valence electrons. The normalized spacial score (nSPS) is 15.1. The van der Waals surface area contributed by atoms with E-state index in [1.165, 1.54) is 0 Å². The van der Waals surface area contributed by atoms with Gasteiger partial charge in [0.1, 0.15) is 0 Å². The van der Waals surface area contributed by atoms with Gasteiger partial charge < -0.3 is 15.5 Å². The molecule has 2 rings (SSSR count). The summed E-state index contributed by atoms with van der Waals surface area (Å²) in [6.45, 7) is 1.68. The molecule has 0 aromatic heterocycles. The lowest BCUT2D eigenvalue weighted by Gasteiger charge is -2.21. The summed E-state index contributed by atoms with van der Waals surface area (Å²) in [6, 6.07) is 13.9. The molecule has 0 radical (unpaired) electrons. The molecule has 3 N–H and O–H groups in total. The molecule has 0 heterocycles. The molecule has 0 aliphatic rings. The van der Waals surface area contributed by atoms with E-state index < -0.39 is 12.2 Å². The Hall–Kier alpha value is -1.78. The van der Waals surface area contributed by atoms with Gasteiger partial charge in [-0.1, -0.05) is 42.5 Å². The number of carboxylic acid groups (broad SMARTS) is 1. The Kier molecular flexibility index (Phi) is 6.25. The van der Waals surface area contributed by atoms with E-state index in [1.807, 2.05) is 36.4 Å². The van der Waals surface area contributed by atoms with Crippen molar-refractivity contribution in [2.75, 3.05) is 0 Å². The van der Waals surface area contributed by atoms with Crippen molar-refractivity contribution >= 4 is 28.5 Å². The van der Waals surface area contributed by atoms with Crippen LogP contribution in [0.2, 0.25) is 0 Å². The molecule has 0 bridgehead atoms. The van der Waals surface area contributed by atoms with Gasteiger partial charge in [-0.25, -0.2) is 4.79 Å². The maximum atomic E-state index is 11.0. The van der Waals surface area contributed by atoms with Crippen LogP contribution in [0.25, 0.3) is 10.8 Å². The Morgan fingerprint density at radius 2 is 1.87 bits per heavy atom. The minimum Gasteiger partial charge on any atom is -0.465 e. The summed E-state index contributed by atoms with van der Waals surface area (Å²) in [6.07, 6.45) is -0.0663. The smallest absolute Gasteiger partial charge is 0.404 e. The predicted octanol–water partition coefficient (Wildman–Crippen LogP) is 3.79. The number of hydrogen-bond donors (Lipinski definition) is 3. The Bertz CT molecular complexity index is 660. The molecular weight excluding hydrogens is 314 g/mol. The van der Waals surface area contributed by atoms with Crippen LogP contribution in [-0.2, 0) is 6.42 Å². The second-order valence-electron chi connectivity index (χ2n) is 5.95. The Balaban J connectivity index is 2.10. The third-order valence-corrected chi connectivity index (χ3v) is 4.12. The lowest BCUT2D eigenvalue weighted by molar-refractivity contribution is 0.177. The van der Waals surface area contributed by atoms with Crippen LogP contribution in [0.15, 0.2) is 42.5 Å². The molecule has 2 aromatic rings. The van der Waals surface area contributed by atoms with Gasteiger partial charge in [0.15, 0.2) is 0 Å². The molecular formula is C18H22ClNO3. The Labute approximate surface area is 141 Å². The largest absolute Gasteiger partial charge is 0.465 e. The highest BCUT2D eigenvalue weighted by atomic mass is 35.5. The van der Waals surface area contributed by atoms with E-state index in [1.54, 1.807) is 6.92 Å². The number of carbonyl (C=O) groups is 1. The quantitative estimate of drug-likeness (QED) is 0.674. The van der Waals surface area contributed by atoms with Crippen LogP contribution in [0, 0.1) is 0 Å². The zero-order chi connectivity index (χ0) is 16.8. The molecule has 0 fully saturated rings. The summed E-state index contributed by atoms with van der Waals surface area (Å²) in [5, 5.41) is 23.0. The van der Waals surface area contributed by atoms with Gasteiger partial charge in [-0.2, -0.15) is 0 Å². The first kappa shape index (κ1) is 17.6. The fraction of sp³-hybridized carbons (Fsp3) is 0.389. The second-order valence-corrected chi connectivity index (χ2v) is 6.57. The summed E-state index contributed by atoms with van der Waals surface area (Å²) in [5.74, 6) is 0. The van der Waals surface area contributed by atoms with Gasteiger partial charge >= 0.3 is 6.09 Å². The molecule has 4 nitrogen and oxygen atoms in total. The number of benzene rings is 2. The second kappa shape index (κ2) is 8.18. The molecule has 0 saturated heterocycles.